The number of hydrogen-bond donors (Lipinski definition) is 0. The fourth-order valence-electron chi connectivity index (χ4n) is 4.85. The lowest BCUT2D eigenvalue weighted by atomic mass is 10.0. The molecule has 1 saturated heterocycles. The predicted molar refractivity (Wildman–Crippen MR) is 96.5 cm³/mol. The van der Waals surface area contributed by atoms with Crippen LogP contribution in [0.3, 0.4) is 0 Å². The number of hydrogen-bond acceptors (Lipinski definition) is 4. The maximum absolute atomic E-state index is 6.38. The third-order valence-corrected chi connectivity index (χ3v) is 6.00. The molecule has 1 aliphatic carbocycles. The number of fused-ring (bicyclic) bond motifs is 9. The molecule has 4 aliphatic rings. The Morgan fingerprint density at radius 3 is 3.21 bits per heavy atom. The summed E-state index contributed by atoms with van der Waals surface area (Å²) in [5.41, 5.74) is 4.99. The molecule has 0 radical (unpaired) electrons. The van der Waals surface area contributed by atoms with E-state index in [1.807, 2.05) is 6.21 Å². The maximum Gasteiger partial charge on any atom is 0.158 e. The number of rotatable bonds is 0. The van der Waals surface area contributed by atoms with E-state index >= 15 is 0 Å². The zero-order valence-electron chi connectivity index (χ0n) is 13.6. The minimum Gasteiger partial charge on any atom is -0.458 e. The van der Waals surface area contributed by atoms with Crippen molar-refractivity contribution in [2.24, 2.45) is 4.99 Å². The summed E-state index contributed by atoms with van der Waals surface area (Å²) in [5, 5.41) is 1.25. The summed E-state index contributed by atoms with van der Waals surface area (Å²) in [6.45, 7) is 0. The van der Waals surface area contributed by atoms with Gasteiger partial charge in [-0.25, -0.2) is 0 Å². The standard InChI is InChI=1S/C20H19N3O/c1-22-15-6-4-10-21-20(15)23-17(22)11-12-8-9-14-13-5-2-3-7-16(13)24-19(14)18(12)23/h2,4-6,8-10,15,17,20H,3,7,11H2,1H3. The van der Waals surface area contributed by atoms with E-state index in [9.17, 15) is 0 Å². The summed E-state index contributed by atoms with van der Waals surface area (Å²) in [6, 6.07) is 4.89. The van der Waals surface area contributed by atoms with Gasteiger partial charge in [0, 0.05) is 30.0 Å². The molecule has 3 atom stereocenters. The van der Waals surface area contributed by atoms with Gasteiger partial charge < -0.3 is 9.32 Å². The third kappa shape index (κ3) is 1.45. The molecule has 4 heteroatoms. The van der Waals surface area contributed by atoms with Crippen molar-refractivity contribution >= 4 is 28.9 Å². The van der Waals surface area contributed by atoms with E-state index in [1.54, 1.807) is 0 Å². The number of dihydropyridines is 1. The van der Waals surface area contributed by atoms with E-state index in [0.717, 1.165) is 30.6 Å². The van der Waals surface area contributed by atoms with E-state index in [0.29, 0.717) is 12.2 Å². The highest BCUT2D eigenvalue weighted by molar-refractivity contribution is 5.99. The van der Waals surface area contributed by atoms with Crippen molar-refractivity contribution in [2.75, 3.05) is 11.9 Å². The van der Waals surface area contributed by atoms with E-state index in [1.165, 1.54) is 22.2 Å². The largest absolute Gasteiger partial charge is 0.458 e. The van der Waals surface area contributed by atoms with Crippen molar-refractivity contribution in [3.8, 4) is 0 Å². The Morgan fingerprint density at radius 2 is 2.25 bits per heavy atom. The maximum atomic E-state index is 6.38. The number of anilines is 1. The molecule has 0 amide bonds. The molecule has 6 rings (SSSR count). The van der Waals surface area contributed by atoms with Crippen molar-refractivity contribution in [3.63, 3.8) is 0 Å². The van der Waals surface area contributed by atoms with Crippen LogP contribution in [0, 0.1) is 0 Å². The number of nitrogens with zero attached hydrogens (tertiary/aromatic N) is 3. The second-order valence-electron chi connectivity index (χ2n) is 7.17. The molecular weight excluding hydrogens is 298 g/mol. The van der Waals surface area contributed by atoms with E-state index in [-0.39, 0.29) is 6.17 Å². The Bertz CT molecular complexity index is 951. The van der Waals surface area contributed by atoms with Crippen LogP contribution in [0.15, 0.2) is 39.8 Å². The first-order valence-corrected chi connectivity index (χ1v) is 8.77. The van der Waals surface area contributed by atoms with Crippen molar-refractivity contribution in [3.05, 3.63) is 47.2 Å². The molecule has 0 spiro atoms. The van der Waals surface area contributed by atoms with Crippen LogP contribution in [-0.4, -0.2) is 36.5 Å². The van der Waals surface area contributed by atoms with Gasteiger partial charge in [0.25, 0.3) is 0 Å². The summed E-state index contributed by atoms with van der Waals surface area (Å²) < 4.78 is 6.38. The zero-order chi connectivity index (χ0) is 15.8. The molecule has 120 valence electrons. The molecule has 0 bridgehead atoms. The number of aryl methyl sites for hydroxylation is 1. The summed E-state index contributed by atoms with van der Waals surface area (Å²) in [7, 11) is 2.21. The Morgan fingerprint density at radius 1 is 1.29 bits per heavy atom. The SMILES string of the molecule is CN1C2C=CC=NC2N2c3c(ccc4c5c(oc34)CCC=C5)CC12. The third-order valence-electron chi connectivity index (χ3n) is 6.00. The average molecular weight is 317 g/mol. The molecule has 4 nitrogen and oxygen atoms in total. The topological polar surface area (TPSA) is 32.0 Å². The normalized spacial score (nSPS) is 29.9. The lowest BCUT2D eigenvalue weighted by Gasteiger charge is -2.25. The molecule has 24 heavy (non-hydrogen) atoms. The quantitative estimate of drug-likeness (QED) is 0.747. The highest BCUT2D eigenvalue weighted by atomic mass is 16.3. The van der Waals surface area contributed by atoms with Gasteiger partial charge in [-0.15, -0.1) is 0 Å². The smallest absolute Gasteiger partial charge is 0.158 e. The Labute approximate surface area is 140 Å². The van der Waals surface area contributed by atoms with Crippen LogP contribution in [0.2, 0.25) is 0 Å². The summed E-state index contributed by atoms with van der Waals surface area (Å²) in [6.07, 6.45) is 14.4. The zero-order valence-corrected chi connectivity index (χ0v) is 13.6. The summed E-state index contributed by atoms with van der Waals surface area (Å²) in [5.74, 6) is 1.14. The minimum absolute atomic E-state index is 0.162. The van der Waals surface area contributed by atoms with Crippen molar-refractivity contribution in [1.82, 2.24) is 4.90 Å². The van der Waals surface area contributed by atoms with Gasteiger partial charge in [-0.1, -0.05) is 30.4 Å². The molecule has 1 aromatic carbocycles. The number of aliphatic imine (C=N–C) groups is 1. The molecule has 0 saturated carbocycles. The van der Waals surface area contributed by atoms with Gasteiger partial charge in [0.1, 0.15) is 11.9 Å². The van der Waals surface area contributed by atoms with Crippen molar-refractivity contribution in [1.29, 1.82) is 0 Å². The van der Waals surface area contributed by atoms with Gasteiger partial charge in [-0.05, 0) is 25.1 Å². The Balaban J connectivity index is 1.60. The second-order valence-corrected chi connectivity index (χ2v) is 7.17. The first-order chi connectivity index (χ1) is 11.8. The molecular formula is C20H19N3O. The van der Waals surface area contributed by atoms with Gasteiger partial charge in [0.15, 0.2) is 5.58 Å². The van der Waals surface area contributed by atoms with Crippen LogP contribution in [0.25, 0.3) is 17.0 Å². The fraction of sp³-hybridized carbons (Fsp3) is 0.350. The lowest BCUT2D eigenvalue weighted by Crippen LogP contribution is -2.36. The first kappa shape index (κ1) is 13.0. The monoisotopic (exact) mass is 317 g/mol. The van der Waals surface area contributed by atoms with E-state index in [2.05, 4.69) is 53.3 Å². The van der Waals surface area contributed by atoms with Crippen LogP contribution in [-0.2, 0) is 12.8 Å². The average Bonchev–Trinajstić information content (AvgIpc) is 3.25. The molecule has 3 unspecified atom stereocenters. The van der Waals surface area contributed by atoms with Crippen LogP contribution in [0.5, 0.6) is 0 Å². The first-order valence-electron chi connectivity index (χ1n) is 8.77. The van der Waals surface area contributed by atoms with Gasteiger partial charge >= 0.3 is 0 Å². The predicted octanol–water partition coefficient (Wildman–Crippen LogP) is 3.36. The van der Waals surface area contributed by atoms with E-state index < -0.39 is 0 Å². The van der Waals surface area contributed by atoms with Crippen LogP contribution >= 0.6 is 0 Å². The van der Waals surface area contributed by atoms with Crippen molar-refractivity contribution < 1.29 is 4.42 Å². The van der Waals surface area contributed by atoms with Crippen LogP contribution < -0.4 is 4.90 Å². The number of allylic oxidation sites excluding steroid dienone is 2. The van der Waals surface area contributed by atoms with Crippen LogP contribution in [0.1, 0.15) is 23.3 Å². The van der Waals surface area contributed by atoms with Gasteiger partial charge in [0.2, 0.25) is 0 Å². The highest BCUT2D eigenvalue weighted by Crippen LogP contribution is 2.48. The van der Waals surface area contributed by atoms with Crippen molar-refractivity contribution in [2.45, 2.75) is 37.6 Å². The molecule has 2 aromatic rings. The van der Waals surface area contributed by atoms with Crippen LogP contribution in [0.4, 0.5) is 5.69 Å². The van der Waals surface area contributed by atoms with Gasteiger partial charge in [-0.3, -0.25) is 9.89 Å². The minimum atomic E-state index is 0.162. The molecule has 1 aromatic heterocycles. The molecule has 1 fully saturated rings. The van der Waals surface area contributed by atoms with Gasteiger partial charge in [-0.2, -0.15) is 0 Å². The summed E-state index contributed by atoms with van der Waals surface area (Å²) in [4.78, 5) is 9.73. The molecule has 4 heterocycles. The Kier molecular flexibility index (Phi) is 2.38. The number of likely N-dealkylation sites (N-methyl/N-ethyl adjacent to an activating group) is 1. The second kappa shape index (κ2) is 4.39. The van der Waals surface area contributed by atoms with E-state index in [4.69, 9.17) is 9.41 Å². The Hall–Kier alpha value is -2.33. The molecule has 0 N–H and O–H groups in total. The lowest BCUT2D eigenvalue weighted by molar-refractivity contribution is 0.271. The number of benzene rings is 1. The molecule has 3 aliphatic heterocycles. The highest BCUT2D eigenvalue weighted by Gasteiger charge is 2.49. The van der Waals surface area contributed by atoms with Gasteiger partial charge in [0.05, 0.1) is 17.9 Å². The summed E-state index contributed by atoms with van der Waals surface area (Å²) >= 11 is 0. The fourth-order valence-corrected chi connectivity index (χ4v) is 4.85. The number of furan rings is 1.